The van der Waals surface area contributed by atoms with E-state index in [1.807, 2.05) is 24.3 Å². The van der Waals surface area contributed by atoms with Crippen molar-refractivity contribution in [1.29, 1.82) is 0 Å². The third-order valence-corrected chi connectivity index (χ3v) is 3.80. The Morgan fingerprint density at radius 2 is 2.05 bits per heavy atom. The van der Waals surface area contributed by atoms with E-state index in [-0.39, 0.29) is 30.4 Å². The molecule has 0 radical (unpaired) electrons. The minimum atomic E-state index is 0. The second-order valence-electron chi connectivity index (χ2n) is 4.97. The van der Waals surface area contributed by atoms with E-state index in [1.54, 1.807) is 7.05 Å². The van der Waals surface area contributed by atoms with Crippen molar-refractivity contribution in [2.75, 3.05) is 27.2 Å². The summed E-state index contributed by atoms with van der Waals surface area (Å²) in [6, 6.07) is 8.24. The molecule has 0 aromatic heterocycles. The number of amides is 1. The number of carbonyl (C=O) groups is 1. The smallest absolute Gasteiger partial charge is 0.234 e. The summed E-state index contributed by atoms with van der Waals surface area (Å²) in [6.45, 7) is 1.34. The molecule has 1 aliphatic rings. The first-order chi connectivity index (χ1) is 9.11. The van der Waals surface area contributed by atoms with Crippen LogP contribution in [0.25, 0.3) is 0 Å². The molecule has 6 heteroatoms. The highest BCUT2D eigenvalue weighted by molar-refractivity contribution is 6.30. The van der Waals surface area contributed by atoms with E-state index in [0.717, 1.165) is 18.0 Å². The number of carbonyl (C=O) groups excluding carboxylic acids is 1. The van der Waals surface area contributed by atoms with Gasteiger partial charge in [-0.05, 0) is 38.2 Å². The van der Waals surface area contributed by atoms with E-state index in [1.165, 1.54) is 5.56 Å². The summed E-state index contributed by atoms with van der Waals surface area (Å²) in [4.78, 5) is 14.0. The molecule has 4 nitrogen and oxygen atoms in total. The van der Waals surface area contributed by atoms with E-state index in [4.69, 9.17) is 11.6 Å². The fourth-order valence-electron chi connectivity index (χ4n) is 2.66. The lowest BCUT2D eigenvalue weighted by Gasteiger charge is -2.26. The van der Waals surface area contributed by atoms with Gasteiger partial charge >= 0.3 is 0 Å². The van der Waals surface area contributed by atoms with Gasteiger partial charge in [0.25, 0.3) is 0 Å². The van der Waals surface area contributed by atoms with Gasteiger partial charge < -0.3 is 10.6 Å². The van der Waals surface area contributed by atoms with Crippen molar-refractivity contribution >= 4 is 29.9 Å². The average molecular weight is 318 g/mol. The van der Waals surface area contributed by atoms with Crippen LogP contribution in [0.1, 0.15) is 18.0 Å². The number of hydrogen-bond acceptors (Lipinski definition) is 3. The molecular weight excluding hydrogens is 297 g/mol. The molecular formula is C14H21Cl2N3O. The van der Waals surface area contributed by atoms with Crippen LogP contribution in [-0.4, -0.2) is 44.0 Å². The molecule has 0 saturated carbocycles. The summed E-state index contributed by atoms with van der Waals surface area (Å²) >= 11 is 5.93. The number of halogens is 2. The minimum absolute atomic E-state index is 0. The van der Waals surface area contributed by atoms with Gasteiger partial charge in [-0.25, -0.2) is 0 Å². The largest absolute Gasteiger partial charge is 0.350 e. The fraction of sp³-hybridized carbons (Fsp3) is 0.500. The summed E-state index contributed by atoms with van der Waals surface area (Å²) in [6.07, 6.45) is 0.971. The number of benzene rings is 1. The molecule has 1 fully saturated rings. The van der Waals surface area contributed by atoms with Crippen LogP contribution in [0.2, 0.25) is 5.02 Å². The fourth-order valence-corrected chi connectivity index (χ4v) is 2.79. The molecule has 0 spiro atoms. The zero-order valence-electron chi connectivity index (χ0n) is 11.7. The molecule has 1 aromatic rings. The normalized spacial score (nSPS) is 22.4. The van der Waals surface area contributed by atoms with E-state index in [2.05, 4.69) is 22.6 Å². The van der Waals surface area contributed by atoms with E-state index in [0.29, 0.717) is 6.54 Å². The van der Waals surface area contributed by atoms with Crippen LogP contribution in [0.5, 0.6) is 0 Å². The van der Waals surface area contributed by atoms with Crippen LogP contribution in [0, 0.1) is 0 Å². The number of likely N-dealkylation sites (tertiary alicyclic amines) is 1. The molecule has 1 saturated heterocycles. The summed E-state index contributed by atoms with van der Waals surface area (Å²) in [5, 5.41) is 6.71. The number of nitrogens with one attached hydrogen (secondary N) is 2. The van der Waals surface area contributed by atoms with Crippen molar-refractivity contribution in [3.05, 3.63) is 34.9 Å². The quantitative estimate of drug-likeness (QED) is 0.890. The van der Waals surface area contributed by atoms with E-state index in [9.17, 15) is 4.79 Å². The van der Waals surface area contributed by atoms with Gasteiger partial charge in [-0.1, -0.05) is 23.7 Å². The van der Waals surface area contributed by atoms with E-state index >= 15 is 0 Å². The first kappa shape index (κ1) is 17.2. The molecule has 2 unspecified atom stereocenters. The predicted molar refractivity (Wildman–Crippen MR) is 84.5 cm³/mol. The number of hydrogen-bond donors (Lipinski definition) is 2. The topological polar surface area (TPSA) is 44.4 Å². The third-order valence-electron chi connectivity index (χ3n) is 3.54. The zero-order chi connectivity index (χ0) is 13.8. The van der Waals surface area contributed by atoms with Gasteiger partial charge in [0, 0.05) is 17.6 Å². The van der Waals surface area contributed by atoms with Crippen LogP contribution < -0.4 is 10.6 Å². The Bertz CT molecular complexity index is 439. The average Bonchev–Trinajstić information content (AvgIpc) is 2.72. The molecule has 112 valence electrons. The standard InChI is InChI=1S/C14H20ClN3O.ClH/c1-16-9-13(19)17-12-7-8-18(2)14(12)10-3-5-11(15)6-4-10;/h3-6,12,14,16H,7-9H2,1-2H3,(H,17,19);1H. The Hall–Kier alpha value is -0.810. The summed E-state index contributed by atoms with van der Waals surface area (Å²) in [5.41, 5.74) is 1.19. The predicted octanol–water partition coefficient (Wildman–Crippen LogP) is 1.84. The van der Waals surface area contributed by atoms with Crippen molar-refractivity contribution in [3.63, 3.8) is 0 Å². The zero-order valence-corrected chi connectivity index (χ0v) is 13.3. The number of likely N-dealkylation sites (N-methyl/N-ethyl adjacent to an activating group) is 2. The highest BCUT2D eigenvalue weighted by atomic mass is 35.5. The maximum absolute atomic E-state index is 11.7. The second-order valence-corrected chi connectivity index (χ2v) is 5.41. The van der Waals surface area contributed by atoms with Crippen LogP contribution in [0.15, 0.2) is 24.3 Å². The van der Waals surface area contributed by atoms with Gasteiger partial charge in [0.05, 0.1) is 12.6 Å². The SMILES string of the molecule is CNCC(=O)NC1CCN(C)C1c1ccc(Cl)cc1.Cl. The molecule has 1 heterocycles. The summed E-state index contributed by atoms with van der Waals surface area (Å²) in [7, 11) is 3.86. The van der Waals surface area contributed by atoms with Crippen LogP contribution in [0.4, 0.5) is 0 Å². The highest BCUT2D eigenvalue weighted by Crippen LogP contribution is 2.31. The first-order valence-corrected chi connectivity index (χ1v) is 6.89. The van der Waals surface area contributed by atoms with Gasteiger partial charge in [-0.3, -0.25) is 9.69 Å². The Morgan fingerprint density at radius 3 is 2.65 bits per heavy atom. The first-order valence-electron chi connectivity index (χ1n) is 6.51. The molecule has 20 heavy (non-hydrogen) atoms. The maximum atomic E-state index is 11.7. The molecule has 2 N–H and O–H groups in total. The van der Waals surface area contributed by atoms with E-state index < -0.39 is 0 Å². The van der Waals surface area contributed by atoms with Crippen molar-refractivity contribution in [2.24, 2.45) is 0 Å². The Morgan fingerprint density at radius 1 is 1.40 bits per heavy atom. The van der Waals surface area contributed by atoms with Crippen LogP contribution >= 0.6 is 24.0 Å². The lowest BCUT2D eigenvalue weighted by molar-refractivity contribution is -0.121. The summed E-state index contributed by atoms with van der Waals surface area (Å²) in [5.74, 6) is 0.0433. The molecule has 0 aliphatic carbocycles. The third kappa shape index (κ3) is 4.09. The van der Waals surface area contributed by atoms with Crippen molar-refractivity contribution in [1.82, 2.24) is 15.5 Å². The maximum Gasteiger partial charge on any atom is 0.234 e. The van der Waals surface area contributed by atoms with Crippen molar-refractivity contribution in [2.45, 2.75) is 18.5 Å². The van der Waals surface area contributed by atoms with Gasteiger partial charge in [0.15, 0.2) is 0 Å². The lowest BCUT2D eigenvalue weighted by atomic mass is 10.0. The summed E-state index contributed by atoms with van der Waals surface area (Å²) < 4.78 is 0. The Balaban J connectivity index is 0.00000200. The van der Waals surface area contributed by atoms with Gasteiger partial charge in [-0.15, -0.1) is 12.4 Å². The number of nitrogens with zero attached hydrogens (tertiary/aromatic N) is 1. The second kappa shape index (κ2) is 7.84. The molecule has 1 amide bonds. The van der Waals surface area contributed by atoms with Crippen LogP contribution in [0.3, 0.4) is 0 Å². The molecule has 2 atom stereocenters. The monoisotopic (exact) mass is 317 g/mol. The molecule has 1 aliphatic heterocycles. The molecule has 0 bridgehead atoms. The van der Waals surface area contributed by atoms with Gasteiger partial charge in [-0.2, -0.15) is 0 Å². The highest BCUT2D eigenvalue weighted by Gasteiger charge is 2.33. The minimum Gasteiger partial charge on any atom is -0.350 e. The van der Waals surface area contributed by atoms with Crippen molar-refractivity contribution < 1.29 is 4.79 Å². The van der Waals surface area contributed by atoms with Crippen molar-refractivity contribution in [3.8, 4) is 0 Å². The van der Waals surface area contributed by atoms with Gasteiger partial charge in [0.2, 0.25) is 5.91 Å². The Labute approximate surface area is 131 Å². The molecule has 1 aromatic carbocycles. The van der Waals surface area contributed by atoms with Crippen LogP contribution in [-0.2, 0) is 4.79 Å². The van der Waals surface area contributed by atoms with Gasteiger partial charge in [0.1, 0.15) is 0 Å². The Kier molecular flexibility index (Phi) is 6.76. The lowest BCUT2D eigenvalue weighted by Crippen LogP contribution is -2.42. The molecule has 2 rings (SSSR count). The number of rotatable bonds is 4.